The zero-order chi connectivity index (χ0) is 22.1. The quantitative estimate of drug-likeness (QED) is 0.361. The first kappa shape index (κ1) is 23.0. The maximum Gasteiger partial charge on any atom is 0.204 e. The van der Waals surface area contributed by atoms with Crippen molar-refractivity contribution in [2.75, 3.05) is 38.2 Å². The SMILES string of the molecule is CCCOCCNCCCNc1nc2ccc(CC)cc2n1Cc1nc(C)ccc1O. The molecule has 3 N–H and O–H groups in total. The smallest absolute Gasteiger partial charge is 0.204 e. The largest absolute Gasteiger partial charge is 0.506 e. The molecule has 2 heterocycles. The molecule has 1 aromatic carbocycles. The summed E-state index contributed by atoms with van der Waals surface area (Å²) in [6, 6.07) is 9.89. The van der Waals surface area contributed by atoms with E-state index in [4.69, 9.17) is 9.72 Å². The van der Waals surface area contributed by atoms with Crippen molar-refractivity contribution in [3.8, 4) is 5.75 Å². The molecule has 7 heteroatoms. The van der Waals surface area contributed by atoms with Gasteiger partial charge in [0.2, 0.25) is 5.95 Å². The fourth-order valence-corrected chi connectivity index (χ4v) is 3.48. The predicted octanol–water partition coefficient (Wildman–Crippen LogP) is 3.87. The van der Waals surface area contributed by atoms with Crippen LogP contribution in [-0.2, 0) is 17.7 Å². The molecule has 0 aliphatic carbocycles. The molecule has 0 aliphatic rings. The molecule has 0 aliphatic heterocycles. The third-order valence-electron chi connectivity index (χ3n) is 5.20. The number of aromatic nitrogens is 3. The lowest BCUT2D eigenvalue weighted by Crippen LogP contribution is -2.23. The van der Waals surface area contributed by atoms with Crippen LogP contribution in [0.5, 0.6) is 5.75 Å². The van der Waals surface area contributed by atoms with E-state index < -0.39 is 0 Å². The van der Waals surface area contributed by atoms with E-state index in [0.717, 1.165) is 74.8 Å². The van der Waals surface area contributed by atoms with Gasteiger partial charge in [0.05, 0.1) is 24.2 Å². The highest BCUT2D eigenvalue weighted by molar-refractivity contribution is 5.79. The molecule has 0 saturated carbocycles. The van der Waals surface area contributed by atoms with Crippen LogP contribution in [0.1, 0.15) is 43.6 Å². The minimum atomic E-state index is 0.208. The van der Waals surface area contributed by atoms with Crippen molar-refractivity contribution in [2.24, 2.45) is 0 Å². The third-order valence-corrected chi connectivity index (χ3v) is 5.20. The zero-order valence-corrected chi connectivity index (χ0v) is 18.9. The number of fused-ring (bicyclic) bond motifs is 1. The minimum Gasteiger partial charge on any atom is -0.506 e. The maximum absolute atomic E-state index is 10.3. The Balaban J connectivity index is 1.68. The number of imidazole rings is 1. The summed E-state index contributed by atoms with van der Waals surface area (Å²) in [5.41, 5.74) is 4.79. The van der Waals surface area contributed by atoms with Gasteiger partial charge < -0.3 is 25.0 Å². The Kier molecular flexibility index (Phi) is 8.67. The number of benzene rings is 1. The first-order valence-corrected chi connectivity index (χ1v) is 11.3. The van der Waals surface area contributed by atoms with Gasteiger partial charge in [-0.2, -0.15) is 0 Å². The standard InChI is InChI=1S/C24H35N5O2/c1-4-14-31-15-13-25-11-6-12-26-24-28-20-9-8-19(5-2)16-22(20)29(24)17-21-23(30)10-7-18(3)27-21/h7-10,16,25,30H,4-6,11-15,17H2,1-3H3,(H,26,28). The molecular weight excluding hydrogens is 390 g/mol. The molecule has 0 saturated heterocycles. The summed E-state index contributed by atoms with van der Waals surface area (Å²) in [6.45, 7) is 10.8. The predicted molar refractivity (Wildman–Crippen MR) is 126 cm³/mol. The first-order valence-electron chi connectivity index (χ1n) is 11.3. The number of pyridine rings is 1. The highest BCUT2D eigenvalue weighted by Crippen LogP contribution is 2.25. The number of nitrogens with one attached hydrogen (secondary N) is 2. The van der Waals surface area contributed by atoms with Gasteiger partial charge in [0.25, 0.3) is 0 Å². The van der Waals surface area contributed by atoms with Crippen molar-refractivity contribution in [3.63, 3.8) is 0 Å². The van der Waals surface area contributed by atoms with Crippen molar-refractivity contribution in [2.45, 2.75) is 46.6 Å². The summed E-state index contributed by atoms with van der Waals surface area (Å²) in [5, 5.41) is 17.2. The molecule has 7 nitrogen and oxygen atoms in total. The van der Waals surface area contributed by atoms with E-state index >= 15 is 0 Å². The molecule has 168 valence electrons. The van der Waals surface area contributed by atoms with Crippen LogP contribution in [-0.4, -0.2) is 52.5 Å². The van der Waals surface area contributed by atoms with Gasteiger partial charge in [-0.25, -0.2) is 4.98 Å². The molecule has 3 rings (SSSR count). The molecule has 0 amide bonds. The second kappa shape index (κ2) is 11.7. The van der Waals surface area contributed by atoms with Crippen LogP contribution in [0.15, 0.2) is 30.3 Å². The molecular formula is C24H35N5O2. The Bertz CT molecular complexity index is 970. The van der Waals surface area contributed by atoms with Crippen LogP contribution in [0.2, 0.25) is 0 Å². The van der Waals surface area contributed by atoms with E-state index in [1.165, 1.54) is 5.56 Å². The monoisotopic (exact) mass is 425 g/mol. The average Bonchev–Trinajstić information content (AvgIpc) is 3.11. The number of nitrogens with zero attached hydrogens (tertiary/aromatic N) is 3. The third kappa shape index (κ3) is 6.42. The molecule has 31 heavy (non-hydrogen) atoms. The second-order valence-corrected chi connectivity index (χ2v) is 7.76. The van der Waals surface area contributed by atoms with E-state index in [1.807, 2.05) is 13.0 Å². The molecule has 0 fully saturated rings. The Morgan fingerprint density at radius 1 is 1.03 bits per heavy atom. The average molecular weight is 426 g/mol. The van der Waals surface area contributed by atoms with Gasteiger partial charge in [0.1, 0.15) is 11.4 Å². The molecule has 0 bridgehead atoms. The molecule has 0 unspecified atom stereocenters. The lowest BCUT2D eigenvalue weighted by molar-refractivity contribution is 0.136. The van der Waals surface area contributed by atoms with Crippen LogP contribution in [0.25, 0.3) is 11.0 Å². The number of anilines is 1. The van der Waals surface area contributed by atoms with Gasteiger partial charge in [-0.05, 0) is 62.6 Å². The lowest BCUT2D eigenvalue weighted by atomic mass is 10.1. The van der Waals surface area contributed by atoms with Crippen LogP contribution in [0.4, 0.5) is 5.95 Å². The summed E-state index contributed by atoms with van der Waals surface area (Å²) < 4.78 is 7.60. The number of hydrogen-bond donors (Lipinski definition) is 3. The Labute approximate surface area is 184 Å². The van der Waals surface area contributed by atoms with E-state index in [0.29, 0.717) is 12.2 Å². The summed E-state index contributed by atoms with van der Waals surface area (Å²) in [6.07, 6.45) is 3.00. The number of rotatable bonds is 13. The van der Waals surface area contributed by atoms with Gasteiger partial charge in [-0.1, -0.05) is 19.9 Å². The summed E-state index contributed by atoms with van der Waals surface area (Å²) in [7, 11) is 0. The Morgan fingerprint density at radius 2 is 1.90 bits per heavy atom. The second-order valence-electron chi connectivity index (χ2n) is 7.76. The topological polar surface area (TPSA) is 84.2 Å². The molecule has 3 aromatic rings. The van der Waals surface area contributed by atoms with Crippen LogP contribution >= 0.6 is 0 Å². The molecule has 0 atom stereocenters. The maximum atomic E-state index is 10.3. The van der Waals surface area contributed by atoms with E-state index in [2.05, 4.69) is 52.2 Å². The summed E-state index contributed by atoms with van der Waals surface area (Å²) in [4.78, 5) is 9.35. The van der Waals surface area contributed by atoms with Crippen LogP contribution < -0.4 is 10.6 Å². The van der Waals surface area contributed by atoms with Gasteiger partial charge in [-0.3, -0.25) is 4.98 Å². The fraction of sp³-hybridized carbons (Fsp3) is 0.500. The summed E-state index contributed by atoms with van der Waals surface area (Å²) in [5.74, 6) is 1.01. The number of aryl methyl sites for hydroxylation is 2. The van der Waals surface area contributed by atoms with Crippen molar-refractivity contribution < 1.29 is 9.84 Å². The molecule has 0 spiro atoms. The zero-order valence-electron chi connectivity index (χ0n) is 18.9. The van der Waals surface area contributed by atoms with E-state index in [1.54, 1.807) is 6.07 Å². The number of hydrogen-bond acceptors (Lipinski definition) is 6. The van der Waals surface area contributed by atoms with Gasteiger partial charge >= 0.3 is 0 Å². The Morgan fingerprint density at radius 3 is 2.71 bits per heavy atom. The van der Waals surface area contributed by atoms with Crippen molar-refractivity contribution in [1.82, 2.24) is 19.9 Å². The van der Waals surface area contributed by atoms with Crippen molar-refractivity contribution >= 4 is 17.0 Å². The van der Waals surface area contributed by atoms with Crippen LogP contribution in [0, 0.1) is 6.92 Å². The van der Waals surface area contributed by atoms with Gasteiger partial charge in [0.15, 0.2) is 0 Å². The highest BCUT2D eigenvalue weighted by atomic mass is 16.5. The lowest BCUT2D eigenvalue weighted by Gasteiger charge is -2.12. The highest BCUT2D eigenvalue weighted by Gasteiger charge is 2.14. The van der Waals surface area contributed by atoms with Gasteiger partial charge in [0, 0.05) is 25.4 Å². The van der Waals surface area contributed by atoms with Crippen molar-refractivity contribution in [1.29, 1.82) is 0 Å². The van der Waals surface area contributed by atoms with E-state index in [-0.39, 0.29) is 5.75 Å². The summed E-state index contributed by atoms with van der Waals surface area (Å²) >= 11 is 0. The number of aromatic hydroxyl groups is 1. The van der Waals surface area contributed by atoms with Crippen molar-refractivity contribution in [3.05, 3.63) is 47.3 Å². The van der Waals surface area contributed by atoms with Crippen LogP contribution in [0.3, 0.4) is 0 Å². The fourth-order valence-electron chi connectivity index (χ4n) is 3.48. The number of ether oxygens (including phenoxy) is 1. The van der Waals surface area contributed by atoms with E-state index in [9.17, 15) is 5.11 Å². The minimum absolute atomic E-state index is 0.208. The normalized spacial score (nSPS) is 11.3. The Hall–Kier alpha value is -2.64. The molecule has 0 radical (unpaired) electrons. The van der Waals surface area contributed by atoms with Gasteiger partial charge in [-0.15, -0.1) is 0 Å². The molecule has 2 aromatic heterocycles. The first-order chi connectivity index (χ1) is 15.1.